The van der Waals surface area contributed by atoms with Crippen molar-refractivity contribution in [2.24, 2.45) is 11.3 Å². The highest BCUT2D eigenvalue weighted by atomic mass is 16.4. The minimum atomic E-state index is -0.693. The Kier molecular flexibility index (Phi) is 1.65. The van der Waals surface area contributed by atoms with Crippen LogP contribution < -0.4 is 0 Å². The Bertz CT molecular complexity index is 214. The average Bonchev–Trinajstić information content (AvgIpc) is 2.42. The van der Waals surface area contributed by atoms with Crippen molar-refractivity contribution in [3.8, 4) is 0 Å². The first kappa shape index (κ1) is 8.05. The van der Waals surface area contributed by atoms with Gasteiger partial charge in [0.1, 0.15) is 0 Å². The molecule has 0 aromatic heterocycles. The molecular weight excluding hydrogens is 156 g/mol. The largest absolute Gasteiger partial charge is 0.481 e. The fourth-order valence-corrected chi connectivity index (χ4v) is 2.96. The summed E-state index contributed by atoms with van der Waals surface area (Å²) < 4.78 is 0. The van der Waals surface area contributed by atoms with Crippen LogP contribution in [0, 0.1) is 11.3 Å². The highest BCUT2D eigenvalue weighted by molar-refractivity contribution is 5.76. The minimum Gasteiger partial charge on any atom is -0.481 e. The lowest BCUT2D eigenvalue weighted by Crippen LogP contribution is -2.30. The quantitative estimate of drug-likeness (QED) is 0.617. The number of aliphatic hydroxyl groups is 1. The number of hydrogen-bond acceptors (Lipinski definition) is 2. The number of aliphatic hydroxyl groups excluding tert-OH is 1. The minimum absolute atomic E-state index is 0.241. The predicted octanol–water partition coefficient (Wildman–Crippen LogP) is 1.01. The lowest BCUT2D eigenvalue weighted by atomic mass is 9.80. The number of rotatable bonds is 1. The van der Waals surface area contributed by atoms with Crippen LogP contribution in [0.1, 0.15) is 32.1 Å². The summed E-state index contributed by atoms with van der Waals surface area (Å²) in [5.74, 6) is -0.452. The molecule has 0 aromatic rings. The van der Waals surface area contributed by atoms with E-state index in [-0.39, 0.29) is 12.0 Å². The Morgan fingerprint density at radius 2 is 2.25 bits per heavy atom. The van der Waals surface area contributed by atoms with Gasteiger partial charge in [-0.3, -0.25) is 4.79 Å². The highest BCUT2D eigenvalue weighted by Crippen LogP contribution is 2.54. The van der Waals surface area contributed by atoms with Crippen molar-refractivity contribution in [1.29, 1.82) is 0 Å². The maximum absolute atomic E-state index is 11.0. The molecule has 68 valence electrons. The van der Waals surface area contributed by atoms with Crippen LogP contribution in [0.5, 0.6) is 0 Å². The summed E-state index contributed by atoms with van der Waals surface area (Å²) >= 11 is 0. The molecule has 2 aliphatic rings. The molecule has 12 heavy (non-hydrogen) atoms. The molecule has 0 amide bonds. The first-order valence-corrected chi connectivity index (χ1v) is 4.56. The Morgan fingerprint density at radius 1 is 1.50 bits per heavy atom. The fraction of sp³-hybridized carbons (Fsp3) is 0.889. The van der Waals surface area contributed by atoms with Gasteiger partial charge >= 0.3 is 5.97 Å². The number of fused-ring (bicyclic) bond motifs is 1. The first-order valence-electron chi connectivity index (χ1n) is 4.56. The Labute approximate surface area is 71.4 Å². The van der Waals surface area contributed by atoms with Crippen LogP contribution in [0.4, 0.5) is 0 Å². The van der Waals surface area contributed by atoms with E-state index in [0.717, 1.165) is 19.3 Å². The molecular formula is C9H14O3. The van der Waals surface area contributed by atoms with Gasteiger partial charge in [0.25, 0.3) is 0 Å². The third-order valence-electron chi connectivity index (χ3n) is 3.54. The van der Waals surface area contributed by atoms with Gasteiger partial charge in [-0.15, -0.1) is 0 Å². The molecule has 3 atom stereocenters. The summed E-state index contributed by atoms with van der Waals surface area (Å²) in [5, 5.41) is 18.5. The van der Waals surface area contributed by atoms with Crippen molar-refractivity contribution in [3.63, 3.8) is 0 Å². The molecule has 2 fully saturated rings. The SMILES string of the molecule is O=C(O)C12CCCC1CC(O)C2. The van der Waals surface area contributed by atoms with Crippen molar-refractivity contribution in [2.45, 2.75) is 38.2 Å². The number of aliphatic carboxylic acids is 1. The van der Waals surface area contributed by atoms with Gasteiger partial charge in [-0.2, -0.15) is 0 Å². The van der Waals surface area contributed by atoms with Gasteiger partial charge in [0.2, 0.25) is 0 Å². The van der Waals surface area contributed by atoms with E-state index in [0.29, 0.717) is 12.8 Å². The normalized spacial score (nSPS) is 46.1. The molecule has 2 saturated carbocycles. The van der Waals surface area contributed by atoms with Crippen molar-refractivity contribution in [3.05, 3.63) is 0 Å². The molecule has 0 spiro atoms. The van der Waals surface area contributed by atoms with Crippen LogP contribution in [0.2, 0.25) is 0 Å². The molecule has 0 heterocycles. The number of carbonyl (C=O) groups is 1. The molecule has 0 radical (unpaired) electrons. The van der Waals surface area contributed by atoms with Crippen molar-refractivity contribution >= 4 is 5.97 Å². The Hall–Kier alpha value is -0.570. The number of carboxylic acids is 1. The molecule has 2 N–H and O–H groups in total. The van der Waals surface area contributed by atoms with Gasteiger partial charge < -0.3 is 10.2 Å². The van der Waals surface area contributed by atoms with E-state index in [1.54, 1.807) is 0 Å². The predicted molar refractivity (Wildman–Crippen MR) is 42.7 cm³/mol. The standard InChI is InChI=1S/C9H14O3/c10-7-4-6-2-1-3-9(6,5-7)8(11)12/h6-7,10H,1-5H2,(H,11,12). The second-order valence-corrected chi connectivity index (χ2v) is 4.14. The van der Waals surface area contributed by atoms with E-state index >= 15 is 0 Å². The van der Waals surface area contributed by atoms with Crippen molar-refractivity contribution < 1.29 is 15.0 Å². The van der Waals surface area contributed by atoms with E-state index in [9.17, 15) is 9.90 Å². The van der Waals surface area contributed by atoms with Crippen LogP contribution in [-0.2, 0) is 4.79 Å². The number of hydrogen-bond donors (Lipinski definition) is 2. The van der Waals surface area contributed by atoms with E-state index in [4.69, 9.17) is 5.11 Å². The van der Waals surface area contributed by atoms with Gasteiger partial charge in [0.05, 0.1) is 11.5 Å². The van der Waals surface area contributed by atoms with Gasteiger partial charge in [0.15, 0.2) is 0 Å². The zero-order valence-electron chi connectivity index (χ0n) is 6.99. The molecule has 2 rings (SSSR count). The van der Waals surface area contributed by atoms with Crippen LogP contribution in [-0.4, -0.2) is 22.3 Å². The van der Waals surface area contributed by atoms with Crippen LogP contribution in [0.15, 0.2) is 0 Å². The summed E-state index contributed by atoms with van der Waals surface area (Å²) in [5.41, 5.74) is -0.556. The van der Waals surface area contributed by atoms with Gasteiger partial charge in [-0.1, -0.05) is 6.42 Å². The smallest absolute Gasteiger partial charge is 0.310 e. The summed E-state index contributed by atoms with van der Waals surface area (Å²) in [6, 6.07) is 0. The van der Waals surface area contributed by atoms with E-state index in [2.05, 4.69) is 0 Å². The third-order valence-corrected chi connectivity index (χ3v) is 3.54. The molecule has 2 aliphatic carbocycles. The molecule has 0 aromatic carbocycles. The lowest BCUT2D eigenvalue weighted by molar-refractivity contribution is -0.150. The average molecular weight is 170 g/mol. The topological polar surface area (TPSA) is 57.5 Å². The van der Waals surface area contributed by atoms with E-state index < -0.39 is 11.4 Å². The molecule has 0 aliphatic heterocycles. The third kappa shape index (κ3) is 0.891. The van der Waals surface area contributed by atoms with E-state index in [1.807, 2.05) is 0 Å². The van der Waals surface area contributed by atoms with E-state index in [1.165, 1.54) is 0 Å². The highest BCUT2D eigenvalue weighted by Gasteiger charge is 2.54. The molecule has 3 heteroatoms. The summed E-state index contributed by atoms with van der Waals surface area (Å²) in [6.45, 7) is 0. The number of carboxylic acid groups (broad SMARTS) is 1. The zero-order chi connectivity index (χ0) is 8.77. The van der Waals surface area contributed by atoms with Crippen LogP contribution >= 0.6 is 0 Å². The Balaban J connectivity index is 2.26. The van der Waals surface area contributed by atoms with Gasteiger partial charge in [-0.05, 0) is 31.6 Å². The monoisotopic (exact) mass is 170 g/mol. The summed E-state index contributed by atoms with van der Waals surface area (Å²) in [4.78, 5) is 11.0. The van der Waals surface area contributed by atoms with Crippen molar-refractivity contribution in [1.82, 2.24) is 0 Å². The summed E-state index contributed by atoms with van der Waals surface area (Å²) in [7, 11) is 0. The molecule has 3 nitrogen and oxygen atoms in total. The van der Waals surface area contributed by atoms with Crippen LogP contribution in [0.3, 0.4) is 0 Å². The molecule has 0 bridgehead atoms. The van der Waals surface area contributed by atoms with Crippen molar-refractivity contribution in [2.75, 3.05) is 0 Å². The molecule has 3 unspecified atom stereocenters. The maximum Gasteiger partial charge on any atom is 0.310 e. The second kappa shape index (κ2) is 2.46. The van der Waals surface area contributed by atoms with Gasteiger partial charge in [-0.25, -0.2) is 0 Å². The molecule has 0 saturated heterocycles. The van der Waals surface area contributed by atoms with Gasteiger partial charge in [0, 0.05) is 0 Å². The fourth-order valence-electron chi connectivity index (χ4n) is 2.96. The summed E-state index contributed by atoms with van der Waals surface area (Å²) in [6.07, 6.45) is 3.59. The zero-order valence-corrected chi connectivity index (χ0v) is 6.99. The maximum atomic E-state index is 11.0. The first-order chi connectivity index (χ1) is 5.65. The second-order valence-electron chi connectivity index (χ2n) is 4.14. The lowest BCUT2D eigenvalue weighted by Gasteiger charge is -2.22. The Morgan fingerprint density at radius 3 is 2.83 bits per heavy atom. The van der Waals surface area contributed by atoms with Crippen LogP contribution in [0.25, 0.3) is 0 Å².